The third kappa shape index (κ3) is 2.68. The first-order valence-electron chi connectivity index (χ1n) is 6.31. The van der Waals surface area contributed by atoms with E-state index < -0.39 is 0 Å². The van der Waals surface area contributed by atoms with Gasteiger partial charge in [-0.15, -0.1) is 16.4 Å². The molecule has 0 saturated carbocycles. The smallest absolute Gasteiger partial charge is 0.268 e. The fraction of sp³-hybridized carbons (Fsp3) is 0.143. The molecule has 2 heterocycles. The van der Waals surface area contributed by atoms with Crippen LogP contribution in [0.15, 0.2) is 24.3 Å². The van der Waals surface area contributed by atoms with Crippen LogP contribution in [0.4, 0.5) is 11.6 Å². The van der Waals surface area contributed by atoms with E-state index in [0.717, 1.165) is 21.5 Å². The van der Waals surface area contributed by atoms with Crippen LogP contribution in [-0.2, 0) is 0 Å². The average Bonchev–Trinajstić information content (AvgIpc) is 2.86. The lowest BCUT2D eigenvalue weighted by molar-refractivity contribution is 0.102. The van der Waals surface area contributed by atoms with Crippen LogP contribution in [0, 0.1) is 13.8 Å². The number of thiophene rings is 1. The summed E-state index contributed by atoms with van der Waals surface area (Å²) in [6.45, 7) is 3.64. The van der Waals surface area contributed by atoms with Crippen molar-refractivity contribution in [1.82, 2.24) is 15.2 Å². The number of nitrogens with two attached hydrogens (primary N) is 1. The highest BCUT2D eigenvalue weighted by Crippen LogP contribution is 2.27. The van der Waals surface area contributed by atoms with Crippen LogP contribution in [0.2, 0.25) is 0 Å². The monoisotopic (exact) mass is 299 g/mol. The van der Waals surface area contributed by atoms with Gasteiger partial charge < -0.3 is 5.73 Å². The second-order valence-electron chi connectivity index (χ2n) is 4.67. The molecule has 0 atom stereocenters. The molecule has 0 aliphatic carbocycles. The molecule has 1 amide bonds. The molecule has 3 N–H and O–H groups in total. The number of aryl methyl sites for hydroxylation is 2. The Morgan fingerprint density at radius 2 is 2.00 bits per heavy atom. The predicted molar refractivity (Wildman–Crippen MR) is 83.5 cm³/mol. The van der Waals surface area contributed by atoms with E-state index in [0.29, 0.717) is 10.6 Å². The number of nitrogen functional groups attached to an aromatic ring is 1. The second-order valence-corrected chi connectivity index (χ2v) is 5.75. The quantitative estimate of drug-likeness (QED) is 0.709. The third-order valence-corrected chi connectivity index (χ3v) is 4.20. The van der Waals surface area contributed by atoms with Crippen molar-refractivity contribution in [2.45, 2.75) is 13.8 Å². The molecule has 3 aromatic rings. The number of carbonyl (C=O) groups is 1. The summed E-state index contributed by atoms with van der Waals surface area (Å²) in [6, 6.07) is 7.37. The average molecular weight is 299 g/mol. The van der Waals surface area contributed by atoms with Crippen LogP contribution in [-0.4, -0.2) is 21.1 Å². The number of carbonyl (C=O) groups excluding carboxylic acids is 1. The molecule has 0 saturated heterocycles. The van der Waals surface area contributed by atoms with Gasteiger partial charge in [0.25, 0.3) is 5.91 Å². The van der Waals surface area contributed by atoms with Crippen molar-refractivity contribution < 1.29 is 4.79 Å². The second kappa shape index (κ2) is 5.10. The topological polar surface area (TPSA) is 93.8 Å². The minimum atomic E-state index is -0.250. The Morgan fingerprint density at radius 1 is 1.19 bits per heavy atom. The molecule has 0 spiro atoms. The van der Waals surface area contributed by atoms with E-state index in [9.17, 15) is 4.79 Å². The Hall–Kier alpha value is -2.54. The van der Waals surface area contributed by atoms with Gasteiger partial charge in [0.05, 0.1) is 16.3 Å². The van der Waals surface area contributed by atoms with E-state index in [1.54, 1.807) is 6.07 Å². The first-order valence-corrected chi connectivity index (χ1v) is 7.13. The van der Waals surface area contributed by atoms with Crippen LogP contribution < -0.4 is 11.1 Å². The summed E-state index contributed by atoms with van der Waals surface area (Å²) in [6.07, 6.45) is 0. The molecule has 3 rings (SSSR count). The Kier molecular flexibility index (Phi) is 3.26. The van der Waals surface area contributed by atoms with Crippen molar-refractivity contribution in [2.24, 2.45) is 0 Å². The number of hydrogen-bond donors (Lipinski definition) is 2. The number of hydrogen-bond acceptors (Lipinski definition) is 6. The first-order chi connectivity index (χ1) is 10.0. The van der Waals surface area contributed by atoms with Crippen LogP contribution in [0.5, 0.6) is 0 Å². The lowest BCUT2D eigenvalue weighted by atomic mass is 10.2. The van der Waals surface area contributed by atoms with E-state index in [-0.39, 0.29) is 11.9 Å². The van der Waals surface area contributed by atoms with Crippen molar-refractivity contribution in [1.29, 1.82) is 0 Å². The van der Waals surface area contributed by atoms with Gasteiger partial charge in [-0.2, -0.15) is 5.10 Å². The van der Waals surface area contributed by atoms with E-state index in [2.05, 4.69) is 20.5 Å². The van der Waals surface area contributed by atoms with Crippen molar-refractivity contribution in [3.05, 3.63) is 40.5 Å². The summed E-state index contributed by atoms with van der Waals surface area (Å²) in [5.41, 5.74) is 7.90. The molecule has 6 nitrogen and oxygen atoms in total. The molecule has 0 aliphatic rings. The molecule has 1 aromatic carbocycles. The highest BCUT2D eigenvalue weighted by molar-refractivity contribution is 7.20. The third-order valence-electron chi connectivity index (χ3n) is 3.08. The molecule has 7 heteroatoms. The zero-order chi connectivity index (χ0) is 15.0. The molecule has 0 fully saturated rings. The molecule has 106 valence electrons. The van der Waals surface area contributed by atoms with Crippen LogP contribution in [0.3, 0.4) is 0 Å². The van der Waals surface area contributed by atoms with Gasteiger partial charge in [-0.05, 0) is 43.5 Å². The maximum atomic E-state index is 12.2. The van der Waals surface area contributed by atoms with Gasteiger partial charge >= 0.3 is 0 Å². The van der Waals surface area contributed by atoms with Crippen molar-refractivity contribution in [3.8, 4) is 0 Å². The van der Waals surface area contributed by atoms with Gasteiger partial charge in [-0.1, -0.05) is 0 Å². The van der Waals surface area contributed by atoms with E-state index in [4.69, 9.17) is 5.73 Å². The predicted octanol–water partition coefficient (Wildman–Crippen LogP) is 2.54. The highest BCUT2D eigenvalue weighted by atomic mass is 32.1. The Balaban J connectivity index is 1.87. The number of benzene rings is 1. The zero-order valence-electron chi connectivity index (χ0n) is 11.5. The number of nitrogens with zero attached hydrogens (tertiary/aromatic N) is 3. The normalized spacial score (nSPS) is 10.8. The van der Waals surface area contributed by atoms with Gasteiger partial charge in [0.2, 0.25) is 5.95 Å². The summed E-state index contributed by atoms with van der Waals surface area (Å²) >= 11 is 1.40. The summed E-state index contributed by atoms with van der Waals surface area (Å²) in [4.78, 5) is 17.0. The van der Waals surface area contributed by atoms with Crippen LogP contribution in [0.1, 0.15) is 21.1 Å². The fourth-order valence-electron chi connectivity index (χ4n) is 1.85. The maximum Gasteiger partial charge on any atom is 0.268 e. The Morgan fingerprint density at radius 3 is 2.76 bits per heavy atom. The van der Waals surface area contributed by atoms with Gasteiger partial charge in [0.15, 0.2) is 0 Å². The number of rotatable bonds is 2. The fourth-order valence-corrected chi connectivity index (χ4v) is 2.78. The van der Waals surface area contributed by atoms with Crippen LogP contribution >= 0.6 is 11.3 Å². The first kappa shape index (κ1) is 13.4. The minimum absolute atomic E-state index is 0.208. The summed E-state index contributed by atoms with van der Waals surface area (Å²) in [5, 5.41) is 11.4. The molecular weight excluding hydrogens is 286 g/mol. The van der Waals surface area contributed by atoms with Gasteiger partial charge in [0.1, 0.15) is 0 Å². The molecule has 0 bridgehead atoms. The number of aromatic nitrogens is 3. The SMILES string of the molecule is Cc1nnc(NC(=O)c2cc3cc(N)ccc3s2)nc1C. The zero-order valence-corrected chi connectivity index (χ0v) is 12.4. The summed E-state index contributed by atoms with van der Waals surface area (Å²) in [7, 11) is 0. The van der Waals surface area contributed by atoms with E-state index >= 15 is 0 Å². The Bertz CT molecular complexity index is 842. The van der Waals surface area contributed by atoms with Crippen molar-refractivity contribution >= 4 is 39.0 Å². The van der Waals surface area contributed by atoms with Crippen molar-refractivity contribution in [3.63, 3.8) is 0 Å². The number of nitrogens with one attached hydrogen (secondary N) is 1. The maximum absolute atomic E-state index is 12.2. The highest BCUT2D eigenvalue weighted by Gasteiger charge is 2.12. The van der Waals surface area contributed by atoms with Gasteiger partial charge in [-0.3, -0.25) is 10.1 Å². The van der Waals surface area contributed by atoms with Gasteiger partial charge in [0, 0.05) is 10.4 Å². The Labute approximate surface area is 125 Å². The molecule has 21 heavy (non-hydrogen) atoms. The number of fused-ring (bicyclic) bond motifs is 1. The largest absolute Gasteiger partial charge is 0.399 e. The summed E-state index contributed by atoms with van der Waals surface area (Å²) in [5.74, 6) is -0.0418. The lowest BCUT2D eigenvalue weighted by Crippen LogP contribution is -2.14. The van der Waals surface area contributed by atoms with Gasteiger partial charge in [-0.25, -0.2) is 4.98 Å². The standard InChI is InChI=1S/C14H13N5OS/c1-7-8(2)18-19-14(16-7)17-13(20)12-6-9-5-10(15)3-4-11(9)21-12/h3-6H,15H2,1-2H3,(H,16,17,19,20). The molecule has 2 aromatic heterocycles. The molecular formula is C14H13N5OS. The molecule has 0 radical (unpaired) electrons. The van der Waals surface area contributed by atoms with E-state index in [1.165, 1.54) is 11.3 Å². The number of amides is 1. The number of anilines is 2. The summed E-state index contributed by atoms with van der Waals surface area (Å²) < 4.78 is 1.01. The van der Waals surface area contributed by atoms with E-state index in [1.807, 2.05) is 32.0 Å². The van der Waals surface area contributed by atoms with Crippen molar-refractivity contribution in [2.75, 3.05) is 11.1 Å². The van der Waals surface area contributed by atoms with Crippen LogP contribution in [0.25, 0.3) is 10.1 Å². The lowest BCUT2D eigenvalue weighted by Gasteiger charge is -2.02. The molecule has 0 unspecified atom stereocenters. The minimum Gasteiger partial charge on any atom is -0.399 e. The molecule has 0 aliphatic heterocycles.